The first-order valence-corrected chi connectivity index (χ1v) is 4.87. The van der Waals surface area contributed by atoms with Crippen LogP contribution in [0.25, 0.3) is 0 Å². The minimum atomic E-state index is -0.479. The van der Waals surface area contributed by atoms with Crippen molar-refractivity contribution in [2.75, 3.05) is 0 Å². The summed E-state index contributed by atoms with van der Waals surface area (Å²) in [5, 5.41) is 2.68. The first kappa shape index (κ1) is 11.6. The van der Waals surface area contributed by atoms with Crippen molar-refractivity contribution in [2.24, 2.45) is 0 Å². The maximum Gasteiger partial charge on any atom is 0.408 e. The maximum atomic E-state index is 11.4. The molecule has 2 N–H and O–H groups in total. The third kappa shape index (κ3) is 4.01. The molecule has 5 heteroatoms. The van der Waals surface area contributed by atoms with Gasteiger partial charge in [-0.15, -0.1) is 0 Å². The number of nitrogens with one attached hydrogen (secondary N) is 2. The lowest BCUT2D eigenvalue weighted by molar-refractivity contribution is 0.0506. The highest BCUT2D eigenvalue weighted by Gasteiger charge is 2.18. The Morgan fingerprint density at radius 3 is 2.73 bits per heavy atom. The number of hydrogen-bond acceptors (Lipinski definition) is 3. The monoisotopic (exact) mass is 211 g/mol. The molecule has 5 nitrogen and oxygen atoms in total. The Hall–Kier alpha value is -1.52. The lowest BCUT2D eigenvalue weighted by atomic mass is 10.2. The molecule has 0 saturated heterocycles. The minimum Gasteiger partial charge on any atom is -0.444 e. The zero-order valence-corrected chi connectivity index (χ0v) is 9.50. The largest absolute Gasteiger partial charge is 0.444 e. The molecule has 1 heterocycles. The van der Waals surface area contributed by atoms with Crippen molar-refractivity contribution in [3.05, 3.63) is 18.2 Å². The molecule has 1 aromatic heterocycles. The number of imidazole rings is 1. The first-order valence-electron chi connectivity index (χ1n) is 4.87. The summed E-state index contributed by atoms with van der Waals surface area (Å²) < 4.78 is 5.11. The summed E-state index contributed by atoms with van der Waals surface area (Å²) in [6.45, 7) is 7.31. The van der Waals surface area contributed by atoms with Crippen LogP contribution < -0.4 is 5.32 Å². The van der Waals surface area contributed by atoms with Gasteiger partial charge in [-0.1, -0.05) is 0 Å². The summed E-state index contributed by atoms with van der Waals surface area (Å²) in [6, 6.07) is -0.185. The van der Waals surface area contributed by atoms with Gasteiger partial charge in [-0.25, -0.2) is 9.78 Å². The number of aromatic amines is 1. The number of ether oxygens (including phenoxy) is 1. The maximum absolute atomic E-state index is 11.4. The fraction of sp³-hybridized carbons (Fsp3) is 0.600. The van der Waals surface area contributed by atoms with Crippen LogP contribution in [0.4, 0.5) is 4.79 Å². The summed E-state index contributed by atoms with van der Waals surface area (Å²) >= 11 is 0. The molecule has 0 aliphatic carbocycles. The number of rotatable bonds is 2. The van der Waals surface area contributed by atoms with Gasteiger partial charge in [0.1, 0.15) is 11.4 Å². The lowest BCUT2D eigenvalue weighted by Gasteiger charge is -2.21. The van der Waals surface area contributed by atoms with E-state index in [1.54, 1.807) is 12.4 Å². The number of aromatic nitrogens is 2. The fourth-order valence-corrected chi connectivity index (χ4v) is 1.07. The van der Waals surface area contributed by atoms with Crippen molar-refractivity contribution in [1.29, 1.82) is 0 Å². The van der Waals surface area contributed by atoms with Gasteiger partial charge >= 0.3 is 6.09 Å². The first-order chi connectivity index (χ1) is 6.88. The van der Waals surface area contributed by atoms with E-state index in [9.17, 15) is 4.79 Å². The van der Waals surface area contributed by atoms with Gasteiger partial charge in [-0.3, -0.25) is 0 Å². The number of carbonyl (C=O) groups is 1. The fourth-order valence-electron chi connectivity index (χ4n) is 1.07. The van der Waals surface area contributed by atoms with E-state index in [2.05, 4.69) is 15.3 Å². The second kappa shape index (κ2) is 4.33. The molecule has 0 aliphatic heterocycles. The molecular weight excluding hydrogens is 194 g/mol. The molecule has 0 fully saturated rings. The summed E-state index contributed by atoms with van der Waals surface area (Å²) in [4.78, 5) is 18.4. The van der Waals surface area contributed by atoms with Crippen LogP contribution in [0, 0.1) is 0 Å². The van der Waals surface area contributed by atoms with Gasteiger partial charge in [0.25, 0.3) is 0 Å². The van der Waals surface area contributed by atoms with E-state index in [4.69, 9.17) is 4.74 Å². The molecule has 0 spiro atoms. The Balaban J connectivity index is 2.45. The van der Waals surface area contributed by atoms with E-state index >= 15 is 0 Å². The molecule has 1 aromatic rings. The average molecular weight is 211 g/mol. The molecule has 0 saturated carbocycles. The quantitative estimate of drug-likeness (QED) is 0.786. The van der Waals surface area contributed by atoms with Crippen molar-refractivity contribution in [2.45, 2.75) is 39.3 Å². The molecule has 1 atom stereocenters. The third-order valence-corrected chi connectivity index (χ3v) is 1.66. The van der Waals surface area contributed by atoms with Gasteiger partial charge in [-0.2, -0.15) is 0 Å². The molecule has 15 heavy (non-hydrogen) atoms. The SMILES string of the molecule is C[C@@H](NC(=O)OC(C)(C)C)c1ncc[nH]1. The topological polar surface area (TPSA) is 67.0 Å². The molecular formula is C10H17N3O2. The summed E-state index contributed by atoms with van der Waals surface area (Å²) in [6.07, 6.45) is 2.91. The van der Waals surface area contributed by atoms with Crippen LogP contribution in [0.5, 0.6) is 0 Å². The number of amides is 1. The minimum absolute atomic E-state index is 0.185. The second-order valence-electron chi connectivity index (χ2n) is 4.34. The molecule has 0 aromatic carbocycles. The molecule has 0 unspecified atom stereocenters. The summed E-state index contributed by atoms with van der Waals surface area (Å²) in [5.74, 6) is 0.709. The summed E-state index contributed by atoms with van der Waals surface area (Å²) in [7, 11) is 0. The van der Waals surface area contributed by atoms with E-state index in [-0.39, 0.29) is 6.04 Å². The molecule has 0 radical (unpaired) electrons. The number of H-pyrrole nitrogens is 1. The predicted molar refractivity (Wildman–Crippen MR) is 56.4 cm³/mol. The van der Waals surface area contributed by atoms with Crippen molar-refractivity contribution in [3.63, 3.8) is 0 Å². The van der Waals surface area contributed by atoms with Crippen LogP contribution in [-0.2, 0) is 4.74 Å². The number of nitrogens with zero attached hydrogens (tertiary/aromatic N) is 1. The van der Waals surface area contributed by atoms with Crippen LogP contribution in [0.2, 0.25) is 0 Å². The van der Waals surface area contributed by atoms with Gasteiger partial charge in [0.15, 0.2) is 0 Å². The van der Waals surface area contributed by atoms with Crippen LogP contribution in [0.1, 0.15) is 39.6 Å². The van der Waals surface area contributed by atoms with Gasteiger partial charge in [0.05, 0.1) is 6.04 Å². The zero-order chi connectivity index (χ0) is 11.5. The van der Waals surface area contributed by atoms with Gasteiger partial charge < -0.3 is 15.0 Å². The highest BCUT2D eigenvalue weighted by molar-refractivity contribution is 5.68. The van der Waals surface area contributed by atoms with Crippen molar-refractivity contribution in [1.82, 2.24) is 15.3 Å². The van der Waals surface area contributed by atoms with Crippen LogP contribution in [0.3, 0.4) is 0 Å². The third-order valence-electron chi connectivity index (χ3n) is 1.66. The van der Waals surface area contributed by atoms with Crippen molar-refractivity contribution < 1.29 is 9.53 Å². The number of hydrogen-bond donors (Lipinski definition) is 2. The van der Waals surface area contributed by atoms with Gasteiger partial charge in [0.2, 0.25) is 0 Å². The van der Waals surface area contributed by atoms with E-state index < -0.39 is 11.7 Å². The van der Waals surface area contributed by atoms with Crippen molar-refractivity contribution >= 4 is 6.09 Å². The van der Waals surface area contributed by atoms with Crippen molar-refractivity contribution in [3.8, 4) is 0 Å². The zero-order valence-electron chi connectivity index (χ0n) is 9.50. The molecule has 0 bridgehead atoms. The van der Waals surface area contributed by atoms with Gasteiger partial charge in [-0.05, 0) is 27.7 Å². The van der Waals surface area contributed by atoms with E-state index in [1.165, 1.54) is 0 Å². The van der Waals surface area contributed by atoms with Crippen LogP contribution in [-0.4, -0.2) is 21.7 Å². The predicted octanol–water partition coefficient (Wildman–Crippen LogP) is 2.00. The summed E-state index contributed by atoms with van der Waals surface area (Å²) in [5.41, 5.74) is -0.479. The molecule has 1 rings (SSSR count). The van der Waals surface area contributed by atoms with E-state index in [0.29, 0.717) is 5.82 Å². The average Bonchev–Trinajstić information content (AvgIpc) is 2.50. The van der Waals surface area contributed by atoms with Crippen LogP contribution >= 0.6 is 0 Å². The molecule has 0 aliphatic rings. The molecule has 1 amide bonds. The lowest BCUT2D eigenvalue weighted by Crippen LogP contribution is -2.34. The van der Waals surface area contributed by atoms with E-state index in [0.717, 1.165) is 0 Å². The number of carbonyl (C=O) groups excluding carboxylic acids is 1. The smallest absolute Gasteiger partial charge is 0.408 e. The number of alkyl carbamates (subject to hydrolysis) is 1. The van der Waals surface area contributed by atoms with Crippen LogP contribution in [0.15, 0.2) is 12.4 Å². The highest BCUT2D eigenvalue weighted by atomic mass is 16.6. The Labute approximate surface area is 89.2 Å². The molecule has 84 valence electrons. The standard InChI is InChI=1S/C10H17N3O2/c1-7(8-11-5-6-12-8)13-9(14)15-10(2,3)4/h5-7H,1-4H3,(H,11,12)(H,13,14)/t7-/m1/s1. The van der Waals surface area contributed by atoms with Gasteiger partial charge in [0, 0.05) is 12.4 Å². The highest BCUT2D eigenvalue weighted by Crippen LogP contribution is 2.10. The van der Waals surface area contributed by atoms with E-state index in [1.807, 2.05) is 27.7 Å². The Kier molecular flexibility index (Phi) is 3.34. The Bertz CT molecular complexity index is 314. The normalized spacial score (nSPS) is 13.3. The Morgan fingerprint density at radius 1 is 1.60 bits per heavy atom. The second-order valence-corrected chi connectivity index (χ2v) is 4.34. The Morgan fingerprint density at radius 2 is 2.27 bits per heavy atom.